The van der Waals surface area contributed by atoms with Crippen LogP contribution in [0.25, 0.3) is 0 Å². The van der Waals surface area contributed by atoms with Crippen molar-refractivity contribution in [3.63, 3.8) is 0 Å². The fourth-order valence-electron chi connectivity index (χ4n) is 3.98. The fraction of sp³-hybridized carbons (Fsp3) is 0.588. The summed E-state index contributed by atoms with van der Waals surface area (Å²) in [6.07, 6.45) is -0.110. The van der Waals surface area contributed by atoms with Gasteiger partial charge in [-0.2, -0.15) is 0 Å². The van der Waals surface area contributed by atoms with Gasteiger partial charge in [-0.1, -0.05) is 23.2 Å². The van der Waals surface area contributed by atoms with Gasteiger partial charge in [0.15, 0.2) is 0 Å². The molecule has 8 heteroatoms. The molecular formula is C17H22Cl2N2O4. The quantitative estimate of drug-likeness (QED) is 0.734. The average molecular weight is 389 g/mol. The molecule has 0 aliphatic carbocycles. The van der Waals surface area contributed by atoms with Gasteiger partial charge in [0.1, 0.15) is 12.0 Å². The van der Waals surface area contributed by atoms with Gasteiger partial charge < -0.3 is 20.2 Å². The second-order valence-corrected chi connectivity index (χ2v) is 7.63. The first kappa shape index (κ1) is 18.7. The Morgan fingerprint density at radius 1 is 1.32 bits per heavy atom. The molecule has 1 aromatic rings. The van der Waals surface area contributed by atoms with E-state index in [0.717, 1.165) is 0 Å². The van der Waals surface area contributed by atoms with E-state index in [1.807, 2.05) is 6.92 Å². The zero-order valence-corrected chi connectivity index (χ0v) is 15.4. The van der Waals surface area contributed by atoms with Crippen molar-refractivity contribution in [3.05, 3.63) is 27.7 Å². The van der Waals surface area contributed by atoms with Gasteiger partial charge in [0.05, 0.1) is 16.7 Å². The number of carbonyl (C=O) groups is 1. The molecule has 4 atom stereocenters. The number of aliphatic hydroxyl groups is 2. The van der Waals surface area contributed by atoms with E-state index in [2.05, 4.69) is 0 Å². The van der Waals surface area contributed by atoms with Crippen LogP contribution in [0.5, 0.6) is 5.75 Å². The van der Waals surface area contributed by atoms with Crippen molar-refractivity contribution in [3.8, 4) is 5.75 Å². The number of benzene rings is 1. The van der Waals surface area contributed by atoms with Crippen molar-refractivity contribution < 1.29 is 20.1 Å². The summed E-state index contributed by atoms with van der Waals surface area (Å²) in [5.74, 6) is -0.0444. The molecule has 2 aliphatic heterocycles. The summed E-state index contributed by atoms with van der Waals surface area (Å²) in [7, 11) is 0. The van der Waals surface area contributed by atoms with Crippen LogP contribution in [0.3, 0.4) is 0 Å². The Labute approximate surface area is 156 Å². The maximum atomic E-state index is 12.6. The van der Waals surface area contributed by atoms with Crippen LogP contribution in [0.1, 0.15) is 31.2 Å². The van der Waals surface area contributed by atoms with Crippen LogP contribution < -0.4 is 0 Å². The van der Waals surface area contributed by atoms with E-state index in [1.165, 1.54) is 6.07 Å². The SMILES string of the molecule is C[C@@H]1CC(=O)N2C[C@@H](c3c(O)ccc(Cl)c3Cl)C[C@H]2CN1C(O)CO. The molecule has 0 saturated carbocycles. The number of hydrogen-bond acceptors (Lipinski definition) is 5. The van der Waals surface area contributed by atoms with Crippen molar-refractivity contribution in [1.82, 2.24) is 9.80 Å². The number of carbonyl (C=O) groups excluding carboxylic acids is 1. The molecule has 3 rings (SSSR count). The number of aliphatic hydroxyl groups excluding tert-OH is 2. The molecule has 138 valence electrons. The number of phenols is 1. The molecule has 1 unspecified atom stereocenters. The lowest BCUT2D eigenvalue weighted by atomic mass is 9.95. The monoisotopic (exact) mass is 388 g/mol. The first-order valence-corrected chi connectivity index (χ1v) is 9.10. The molecule has 1 amide bonds. The molecule has 25 heavy (non-hydrogen) atoms. The molecule has 2 saturated heterocycles. The highest BCUT2D eigenvalue weighted by Crippen LogP contribution is 2.43. The first-order chi connectivity index (χ1) is 11.8. The van der Waals surface area contributed by atoms with Gasteiger partial charge in [-0.25, -0.2) is 0 Å². The van der Waals surface area contributed by atoms with E-state index in [1.54, 1.807) is 15.9 Å². The van der Waals surface area contributed by atoms with Crippen LogP contribution in [0.2, 0.25) is 10.0 Å². The van der Waals surface area contributed by atoms with Crippen LogP contribution in [-0.4, -0.2) is 69.0 Å². The lowest BCUT2D eigenvalue weighted by Crippen LogP contribution is -2.47. The molecule has 0 radical (unpaired) electrons. The minimum atomic E-state index is -0.995. The minimum absolute atomic E-state index is 0.00489. The Kier molecular flexibility index (Phi) is 5.46. The second kappa shape index (κ2) is 7.29. The van der Waals surface area contributed by atoms with Crippen LogP contribution in [-0.2, 0) is 4.79 Å². The molecule has 2 aliphatic rings. The van der Waals surface area contributed by atoms with Crippen LogP contribution in [0.15, 0.2) is 12.1 Å². The van der Waals surface area contributed by atoms with Crippen molar-refractivity contribution in [2.75, 3.05) is 19.7 Å². The topological polar surface area (TPSA) is 84.2 Å². The summed E-state index contributed by atoms with van der Waals surface area (Å²) >= 11 is 12.4. The molecule has 2 fully saturated rings. The highest BCUT2D eigenvalue weighted by atomic mass is 35.5. The number of nitrogens with zero attached hydrogens (tertiary/aromatic N) is 2. The van der Waals surface area contributed by atoms with E-state index in [4.69, 9.17) is 23.2 Å². The van der Waals surface area contributed by atoms with E-state index >= 15 is 0 Å². The third-order valence-electron chi connectivity index (χ3n) is 5.26. The van der Waals surface area contributed by atoms with Gasteiger partial charge in [0.2, 0.25) is 5.91 Å². The number of phenolic OH excluding ortho intramolecular Hbond substituents is 1. The largest absolute Gasteiger partial charge is 0.508 e. The lowest BCUT2D eigenvalue weighted by Gasteiger charge is -2.32. The van der Waals surface area contributed by atoms with Crippen LogP contribution in [0, 0.1) is 0 Å². The summed E-state index contributed by atoms with van der Waals surface area (Å²) in [5, 5.41) is 30.2. The van der Waals surface area contributed by atoms with E-state index < -0.39 is 6.23 Å². The summed E-state index contributed by atoms with van der Waals surface area (Å²) < 4.78 is 0. The van der Waals surface area contributed by atoms with E-state index in [-0.39, 0.29) is 42.7 Å². The zero-order chi connectivity index (χ0) is 18.3. The number of amides is 1. The highest BCUT2D eigenvalue weighted by Gasteiger charge is 2.43. The maximum Gasteiger partial charge on any atom is 0.224 e. The standard InChI is InChI=1S/C17H22Cl2N2O4/c1-9-4-14(24)21-6-10(5-11(21)7-20(9)15(25)8-22)16-13(23)3-2-12(18)17(16)19/h2-3,9-11,15,22-23,25H,4-8H2,1H3/t9-,10+,11+,15?/m1/s1. The Balaban J connectivity index is 1.88. The van der Waals surface area contributed by atoms with E-state index in [0.29, 0.717) is 35.1 Å². The van der Waals surface area contributed by atoms with Gasteiger partial charge in [0.25, 0.3) is 0 Å². The Hall–Kier alpha value is -1.05. The predicted molar refractivity (Wildman–Crippen MR) is 94.9 cm³/mol. The molecule has 6 nitrogen and oxygen atoms in total. The Morgan fingerprint density at radius 2 is 2.04 bits per heavy atom. The molecule has 0 bridgehead atoms. The van der Waals surface area contributed by atoms with Crippen LogP contribution >= 0.6 is 23.2 Å². The van der Waals surface area contributed by atoms with Gasteiger partial charge in [-0.3, -0.25) is 9.69 Å². The predicted octanol–water partition coefficient (Wildman–Crippen LogP) is 1.79. The second-order valence-electron chi connectivity index (χ2n) is 6.84. The lowest BCUT2D eigenvalue weighted by molar-refractivity contribution is -0.131. The summed E-state index contributed by atoms with van der Waals surface area (Å²) in [5.41, 5.74) is 0.567. The first-order valence-electron chi connectivity index (χ1n) is 8.34. The average Bonchev–Trinajstić information content (AvgIpc) is 2.94. The van der Waals surface area contributed by atoms with Gasteiger partial charge >= 0.3 is 0 Å². The molecule has 3 N–H and O–H groups in total. The zero-order valence-electron chi connectivity index (χ0n) is 13.9. The van der Waals surface area contributed by atoms with Gasteiger partial charge in [-0.15, -0.1) is 0 Å². The summed E-state index contributed by atoms with van der Waals surface area (Å²) in [6, 6.07) is 2.79. The van der Waals surface area contributed by atoms with Crippen LogP contribution in [0.4, 0.5) is 0 Å². The minimum Gasteiger partial charge on any atom is -0.508 e. The molecule has 1 aromatic carbocycles. The molecule has 2 heterocycles. The third kappa shape index (κ3) is 3.46. The smallest absolute Gasteiger partial charge is 0.224 e. The fourth-order valence-corrected chi connectivity index (χ4v) is 4.46. The summed E-state index contributed by atoms with van der Waals surface area (Å²) in [6.45, 7) is 2.41. The number of hydrogen-bond donors (Lipinski definition) is 3. The third-order valence-corrected chi connectivity index (χ3v) is 6.08. The van der Waals surface area contributed by atoms with Crippen molar-refractivity contribution in [2.45, 2.75) is 44.0 Å². The van der Waals surface area contributed by atoms with E-state index in [9.17, 15) is 20.1 Å². The molecule has 0 aromatic heterocycles. The molecule has 0 spiro atoms. The summed E-state index contributed by atoms with van der Waals surface area (Å²) in [4.78, 5) is 16.2. The van der Waals surface area contributed by atoms with Crippen molar-refractivity contribution in [2.24, 2.45) is 0 Å². The van der Waals surface area contributed by atoms with Gasteiger partial charge in [0, 0.05) is 43.1 Å². The number of fused-ring (bicyclic) bond motifs is 1. The van der Waals surface area contributed by atoms with Gasteiger partial charge in [-0.05, 0) is 25.5 Å². The normalized spacial score (nSPS) is 28.8. The maximum absolute atomic E-state index is 12.6. The number of rotatable bonds is 3. The Morgan fingerprint density at radius 3 is 2.72 bits per heavy atom. The molecular weight excluding hydrogens is 367 g/mol. The number of halogens is 2. The van der Waals surface area contributed by atoms with Crippen molar-refractivity contribution >= 4 is 29.1 Å². The number of aromatic hydroxyl groups is 1. The highest BCUT2D eigenvalue weighted by molar-refractivity contribution is 6.42. The Bertz CT molecular complexity index is 672. The van der Waals surface area contributed by atoms with Crippen molar-refractivity contribution in [1.29, 1.82) is 0 Å².